The monoisotopic (exact) mass is 307 g/mol. The van der Waals surface area contributed by atoms with Gasteiger partial charge in [-0.2, -0.15) is 0 Å². The normalized spacial score (nSPS) is 18.4. The number of nitrogens with zero attached hydrogens (tertiary/aromatic N) is 1. The molecule has 0 amide bonds. The van der Waals surface area contributed by atoms with Crippen LogP contribution in [-0.2, 0) is 10.0 Å². The van der Waals surface area contributed by atoms with E-state index in [2.05, 4.69) is 0 Å². The topological polar surface area (TPSA) is 57.6 Å². The fourth-order valence-corrected chi connectivity index (χ4v) is 4.11. The number of sulfonamides is 1. The summed E-state index contributed by atoms with van der Waals surface area (Å²) in [6, 6.07) is 12.0. The van der Waals surface area contributed by atoms with Gasteiger partial charge in [-0.1, -0.05) is 30.3 Å². The van der Waals surface area contributed by atoms with Gasteiger partial charge in [0.2, 0.25) is 0 Å². The SMILES string of the molecule is O=S(=O)(c1ccccc1F)N1CCC(O)c2ccccc21. The lowest BCUT2D eigenvalue weighted by Gasteiger charge is -2.32. The van der Waals surface area contributed by atoms with Gasteiger partial charge in [0, 0.05) is 12.1 Å². The summed E-state index contributed by atoms with van der Waals surface area (Å²) in [5.41, 5.74) is 0.947. The smallest absolute Gasteiger partial charge is 0.267 e. The van der Waals surface area contributed by atoms with E-state index >= 15 is 0 Å². The number of aliphatic hydroxyl groups is 1. The number of aliphatic hydroxyl groups excluding tert-OH is 1. The molecule has 0 spiro atoms. The largest absolute Gasteiger partial charge is 0.388 e. The number of fused-ring (bicyclic) bond motifs is 1. The van der Waals surface area contributed by atoms with E-state index in [1.807, 2.05) is 0 Å². The van der Waals surface area contributed by atoms with E-state index in [4.69, 9.17) is 0 Å². The third-order valence-corrected chi connectivity index (χ3v) is 5.42. The van der Waals surface area contributed by atoms with Gasteiger partial charge in [0.05, 0.1) is 11.8 Å². The second kappa shape index (κ2) is 5.13. The third-order valence-electron chi connectivity index (χ3n) is 3.57. The van der Waals surface area contributed by atoms with Crippen LogP contribution in [-0.4, -0.2) is 20.1 Å². The predicted octanol–water partition coefficient (Wildman–Crippen LogP) is 2.46. The average molecular weight is 307 g/mol. The minimum Gasteiger partial charge on any atom is -0.388 e. The van der Waals surface area contributed by atoms with E-state index in [0.29, 0.717) is 11.3 Å². The third kappa shape index (κ3) is 2.30. The minimum absolute atomic E-state index is 0.120. The lowest BCUT2D eigenvalue weighted by molar-refractivity contribution is 0.166. The number of rotatable bonds is 2. The first kappa shape index (κ1) is 14.0. The quantitative estimate of drug-likeness (QED) is 0.927. The first-order chi connectivity index (χ1) is 10.0. The highest BCUT2D eigenvalue weighted by molar-refractivity contribution is 7.92. The van der Waals surface area contributed by atoms with E-state index in [-0.39, 0.29) is 17.9 Å². The summed E-state index contributed by atoms with van der Waals surface area (Å²) in [5, 5.41) is 9.97. The molecule has 1 N–H and O–H groups in total. The molecule has 4 nitrogen and oxygen atoms in total. The van der Waals surface area contributed by atoms with Gasteiger partial charge in [-0.05, 0) is 24.6 Å². The van der Waals surface area contributed by atoms with Crippen molar-refractivity contribution in [2.75, 3.05) is 10.8 Å². The number of para-hydroxylation sites is 1. The Morgan fingerprint density at radius 1 is 1.10 bits per heavy atom. The summed E-state index contributed by atoms with van der Waals surface area (Å²) in [6.07, 6.45) is -0.418. The molecule has 2 aromatic rings. The number of hydrogen-bond donors (Lipinski definition) is 1. The molecule has 110 valence electrons. The summed E-state index contributed by atoms with van der Waals surface area (Å²) < 4.78 is 40.4. The van der Waals surface area contributed by atoms with Crippen LogP contribution in [0.3, 0.4) is 0 Å². The van der Waals surface area contributed by atoms with Gasteiger partial charge in [0.15, 0.2) is 0 Å². The molecule has 6 heteroatoms. The molecule has 1 aliphatic rings. The molecule has 3 rings (SSSR count). The molecule has 21 heavy (non-hydrogen) atoms. The molecule has 0 aromatic heterocycles. The summed E-state index contributed by atoms with van der Waals surface area (Å²) in [7, 11) is -3.98. The fraction of sp³-hybridized carbons (Fsp3) is 0.200. The van der Waals surface area contributed by atoms with Crippen molar-refractivity contribution < 1.29 is 17.9 Å². The highest BCUT2D eigenvalue weighted by Crippen LogP contribution is 2.37. The van der Waals surface area contributed by atoms with Crippen molar-refractivity contribution in [1.29, 1.82) is 0 Å². The van der Waals surface area contributed by atoms with Crippen LogP contribution in [0, 0.1) is 5.82 Å². The number of benzene rings is 2. The Bertz CT molecular complexity index is 776. The lowest BCUT2D eigenvalue weighted by atomic mass is 10.0. The second-order valence-electron chi connectivity index (χ2n) is 4.87. The second-order valence-corrected chi connectivity index (χ2v) is 6.70. The average Bonchev–Trinajstić information content (AvgIpc) is 2.48. The number of halogens is 1. The highest BCUT2D eigenvalue weighted by atomic mass is 32.2. The summed E-state index contributed by atoms with van der Waals surface area (Å²) in [5.74, 6) is -0.777. The first-order valence-electron chi connectivity index (χ1n) is 6.56. The summed E-state index contributed by atoms with van der Waals surface area (Å²) >= 11 is 0. The zero-order chi connectivity index (χ0) is 15.0. The van der Waals surface area contributed by atoms with E-state index in [1.165, 1.54) is 18.2 Å². The van der Waals surface area contributed by atoms with Gasteiger partial charge in [0.1, 0.15) is 10.7 Å². The van der Waals surface area contributed by atoms with Crippen molar-refractivity contribution in [3.8, 4) is 0 Å². The Morgan fingerprint density at radius 2 is 1.76 bits per heavy atom. The van der Waals surface area contributed by atoms with Gasteiger partial charge in [-0.25, -0.2) is 12.8 Å². The van der Waals surface area contributed by atoms with Crippen LogP contribution in [0.5, 0.6) is 0 Å². The molecular weight excluding hydrogens is 293 g/mol. The first-order valence-corrected chi connectivity index (χ1v) is 8.00. The van der Waals surface area contributed by atoms with Crippen LogP contribution in [0.25, 0.3) is 0 Å². The molecule has 0 saturated carbocycles. The van der Waals surface area contributed by atoms with Gasteiger partial charge < -0.3 is 5.11 Å². The van der Waals surface area contributed by atoms with Crippen molar-refractivity contribution in [2.45, 2.75) is 17.4 Å². The molecule has 0 aliphatic carbocycles. The zero-order valence-electron chi connectivity index (χ0n) is 11.1. The number of hydrogen-bond acceptors (Lipinski definition) is 3. The molecule has 0 radical (unpaired) electrons. The van der Waals surface area contributed by atoms with Crippen LogP contribution in [0.4, 0.5) is 10.1 Å². The number of anilines is 1. The van der Waals surface area contributed by atoms with E-state index in [0.717, 1.165) is 10.4 Å². The van der Waals surface area contributed by atoms with Crippen molar-refractivity contribution in [1.82, 2.24) is 0 Å². The van der Waals surface area contributed by atoms with Crippen LogP contribution in [0.2, 0.25) is 0 Å². The molecule has 2 aromatic carbocycles. The summed E-state index contributed by atoms with van der Waals surface area (Å²) in [4.78, 5) is -0.351. The molecule has 0 bridgehead atoms. The van der Waals surface area contributed by atoms with Crippen LogP contribution in [0.15, 0.2) is 53.4 Å². The Balaban J connectivity index is 2.14. The van der Waals surface area contributed by atoms with Crippen molar-refractivity contribution in [2.24, 2.45) is 0 Å². The minimum atomic E-state index is -3.98. The predicted molar refractivity (Wildman–Crippen MR) is 77.0 cm³/mol. The van der Waals surface area contributed by atoms with Crippen molar-refractivity contribution in [3.05, 3.63) is 59.9 Å². The van der Waals surface area contributed by atoms with E-state index in [9.17, 15) is 17.9 Å². The molecule has 1 unspecified atom stereocenters. The molecule has 1 aliphatic heterocycles. The standard InChI is InChI=1S/C15H14FNO3S/c16-12-6-2-4-8-15(12)21(19,20)17-10-9-14(18)11-5-1-3-7-13(11)17/h1-8,14,18H,9-10H2. The van der Waals surface area contributed by atoms with Crippen LogP contribution >= 0.6 is 0 Å². The fourth-order valence-electron chi connectivity index (χ4n) is 2.53. The highest BCUT2D eigenvalue weighted by Gasteiger charge is 2.33. The maximum absolute atomic E-state index is 13.8. The molecular formula is C15H14FNO3S. The van der Waals surface area contributed by atoms with Gasteiger partial charge in [0.25, 0.3) is 10.0 Å². The molecule has 1 heterocycles. The maximum Gasteiger partial charge on any atom is 0.267 e. The lowest BCUT2D eigenvalue weighted by Crippen LogP contribution is -2.37. The summed E-state index contributed by atoms with van der Waals surface area (Å²) in [6.45, 7) is 0.120. The Hall–Kier alpha value is -1.92. The van der Waals surface area contributed by atoms with Crippen LogP contribution in [0.1, 0.15) is 18.1 Å². The van der Waals surface area contributed by atoms with Gasteiger partial charge in [-0.3, -0.25) is 4.31 Å². The molecule has 1 atom stereocenters. The maximum atomic E-state index is 13.8. The van der Waals surface area contributed by atoms with Gasteiger partial charge in [-0.15, -0.1) is 0 Å². The van der Waals surface area contributed by atoms with Crippen LogP contribution < -0.4 is 4.31 Å². The van der Waals surface area contributed by atoms with E-state index in [1.54, 1.807) is 24.3 Å². The van der Waals surface area contributed by atoms with Gasteiger partial charge >= 0.3 is 0 Å². The van der Waals surface area contributed by atoms with Crippen molar-refractivity contribution in [3.63, 3.8) is 0 Å². The Morgan fingerprint density at radius 3 is 2.52 bits per heavy atom. The van der Waals surface area contributed by atoms with Crippen molar-refractivity contribution >= 4 is 15.7 Å². The van der Waals surface area contributed by atoms with E-state index < -0.39 is 21.9 Å². The molecule has 0 saturated heterocycles. The Labute approximate surface area is 122 Å². The Kier molecular flexibility index (Phi) is 3.43. The molecule has 0 fully saturated rings. The zero-order valence-corrected chi connectivity index (χ0v) is 11.9.